The van der Waals surface area contributed by atoms with Crippen LogP contribution in [0.25, 0.3) is 22.4 Å². The maximum absolute atomic E-state index is 12.9. The number of carbonyl (C=O) groups excluding carboxylic acids is 1. The van der Waals surface area contributed by atoms with Crippen LogP contribution in [0.5, 0.6) is 0 Å². The number of rotatable bonds is 6. The van der Waals surface area contributed by atoms with Gasteiger partial charge in [-0.15, -0.1) is 0 Å². The van der Waals surface area contributed by atoms with E-state index in [0.29, 0.717) is 34.9 Å². The number of nitrogens with zero attached hydrogens (tertiary/aromatic N) is 4. The molecule has 0 saturated heterocycles. The molecule has 0 radical (unpaired) electrons. The minimum absolute atomic E-state index is 0.0442. The van der Waals surface area contributed by atoms with Gasteiger partial charge in [0.2, 0.25) is 11.7 Å². The fourth-order valence-corrected chi connectivity index (χ4v) is 3.18. The second-order valence-electron chi connectivity index (χ2n) is 6.45. The number of nitrogen functional groups attached to an aromatic ring is 2. The molecular formula is C16H19N7O4. The number of nitrogens with one attached hydrogen (secondary N) is 1. The lowest BCUT2D eigenvalue weighted by atomic mass is 10.1. The quantitative estimate of drug-likeness (QED) is 0.253. The Morgan fingerprint density at radius 3 is 2.81 bits per heavy atom. The Labute approximate surface area is 152 Å². The van der Waals surface area contributed by atoms with Gasteiger partial charge in [-0.3, -0.25) is 19.4 Å². The molecule has 11 nitrogen and oxygen atoms in total. The highest BCUT2D eigenvalue weighted by Gasteiger charge is 2.29. The van der Waals surface area contributed by atoms with E-state index in [4.69, 9.17) is 16.0 Å². The molecule has 11 heteroatoms. The first-order valence-corrected chi connectivity index (χ1v) is 8.51. The highest BCUT2D eigenvalue weighted by molar-refractivity contribution is 6.01. The predicted molar refractivity (Wildman–Crippen MR) is 95.4 cm³/mol. The van der Waals surface area contributed by atoms with Gasteiger partial charge in [0.1, 0.15) is 11.2 Å². The van der Waals surface area contributed by atoms with Crippen molar-refractivity contribution >= 4 is 23.0 Å². The molecule has 0 unspecified atom stereocenters. The third-order valence-corrected chi connectivity index (χ3v) is 4.59. The van der Waals surface area contributed by atoms with Gasteiger partial charge in [-0.05, 0) is 24.8 Å². The molecule has 3 heterocycles. The molecule has 4 rings (SSSR count). The second kappa shape index (κ2) is 6.52. The molecule has 1 saturated carbocycles. The first-order valence-electron chi connectivity index (χ1n) is 8.51. The summed E-state index contributed by atoms with van der Waals surface area (Å²) in [7, 11) is 0. The molecule has 1 aliphatic carbocycles. The average Bonchev–Trinajstić information content (AvgIpc) is 3.28. The Morgan fingerprint density at radius 1 is 1.37 bits per heavy atom. The highest BCUT2D eigenvalue weighted by atomic mass is 16.3. The lowest BCUT2D eigenvalue weighted by molar-refractivity contribution is 0.0927. The molecule has 6 N–H and O–H groups in total. The van der Waals surface area contributed by atoms with Crippen LogP contribution in [0, 0.1) is 5.92 Å². The number of hydrogen-bond donors (Lipinski definition) is 4. The van der Waals surface area contributed by atoms with Crippen molar-refractivity contribution in [1.29, 1.82) is 0 Å². The van der Waals surface area contributed by atoms with Crippen LogP contribution in [0.15, 0.2) is 21.5 Å². The largest absolute Gasteiger partial charge is 0.458 e. The molecule has 0 spiro atoms. The minimum atomic E-state index is -0.633. The van der Waals surface area contributed by atoms with E-state index in [1.807, 2.05) is 5.43 Å². The molecule has 0 bridgehead atoms. The zero-order valence-electron chi connectivity index (χ0n) is 14.4. The number of furan rings is 1. The van der Waals surface area contributed by atoms with Crippen LogP contribution in [0.1, 0.15) is 23.4 Å². The Kier molecular flexibility index (Phi) is 4.16. The topological polar surface area (TPSA) is 167 Å². The zero-order valence-corrected chi connectivity index (χ0v) is 14.4. The van der Waals surface area contributed by atoms with Crippen molar-refractivity contribution in [3.8, 4) is 11.3 Å². The number of nitrogens with two attached hydrogens (primary N) is 2. The van der Waals surface area contributed by atoms with E-state index in [1.54, 1.807) is 10.6 Å². The molecule has 1 fully saturated rings. The maximum Gasteiger partial charge on any atom is 0.330 e. The molecular weight excluding hydrogens is 354 g/mol. The summed E-state index contributed by atoms with van der Waals surface area (Å²) in [6.07, 6.45) is 3.41. The lowest BCUT2D eigenvalue weighted by Gasteiger charge is -2.07. The number of amides is 1. The summed E-state index contributed by atoms with van der Waals surface area (Å²) in [5.41, 5.74) is 8.98. The van der Waals surface area contributed by atoms with E-state index >= 15 is 0 Å². The van der Waals surface area contributed by atoms with Gasteiger partial charge >= 0.3 is 11.6 Å². The standard InChI is InChI=1S/C16H19N7O4/c17-15-19-10(9-3-6-27-12(9)14(25)21-18)11-13(20-15)22(4-5-24)16(26)23(11)7-8-1-2-8/h3,6,8,24H,1-2,4-5,7,18H2,(H,21,25)(H2,17,19,20). The molecule has 142 valence electrons. The number of anilines is 1. The Morgan fingerprint density at radius 2 is 2.15 bits per heavy atom. The predicted octanol–water partition coefficient (Wildman–Crippen LogP) is -0.559. The van der Waals surface area contributed by atoms with Gasteiger partial charge in [0.25, 0.3) is 0 Å². The van der Waals surface area contributed by atoms with E-state index in [-0.39, 0.29) is 30.5 Å². The second-order valence-corrected chi connectivity index (χ2v) is 6.45. The van der Waals surface area contributed by atoms with E-state index < -0.39 is 5.91 Å². The maximum atomic E-state index is 12.9. The summed E-state index contributed by atoms with van der Waals surface area (Å²) in [6, 6.07) is 1.56. The van der Waals surface area contributed by atoms with Crippen molar-refractivity contribution < 1.29 is 14.3 Å². The number of carbonyl (C=O) groups is 1. The normalized spacial score (nSPS) is 14.0. The van der Waals surface area contributed by atoms with Crippen LogP contribution in [0.2, 0.25) is 0 Å². The number of aliphatic hydroxyl groups excluding tert-OH is 1. The van der Waals surface area contributed by atoms with Crippen molar-refractivity contribution in [2.45, 2.75) is 25.9 Å². The van der Waals surface area contributed by atoms with Gasteiger partial charge in [-0.1, -0.05) is 0 Å². The summed E-state index contributed by atoms with van der Waals surface area (Å²) in [6.45, 7) is 0.350. The smallest absolute Gasteiger partial charge is 0.330 e. The number of aromatic nitrogens is 4. The van der Waals surface area contributed by atoms with Crippen LogP contribution in [0.4, 0.5) is 5.95 Å². The molecule has 1 aliphatic rings. The molecule has 0 atom stereocenters. The SMILES string of the molecule is NNC(=O)c1occc1-c1nc(N)nc2c1n(CC1CC1)c(=O)n2CCO. The van der Waals surface area contributed by atoms with Gasteiger partial charge in [0, 0.05) is 6.54 Å². The van der Waals surface area contributed by atoms with Crippen LogP contribution in [-0.2, 0) is 13.1 Å². The molecule has 3 aromatic rings. The first-order chi connectivity index (χ1) is 13.0. The van der Waals surface area contributed by atoms with Crippen LogP contribution in [0.3, 0.4) is 0 Å². The Balaban J connectivity index is 2.03. The molecule has 0 aromatic carbocycles. The molecule has 3 aromatic heterocycles. The number of hydrazine groups is 1. The van der Waals surface area contributed by atoms with Crippen LogP contribution >= 0.6 is 0 Å². The number of aliphatic hydroxyl groups is 1. The van der Waals surface area contributed by atoms with Gasteiger partial charge in [-0.2, -0.15) is 4.98 Å². The fourth-order valence-electron chi connectivity index (χ4n) is 3.18. The highest BCUT2D eigenvalue weighted by Crippen LogP contribution is 2.34. The average molecular weight is 373 g/mol. The number of imidazole rings is 1. The summed E-state index contributed by atoms with van der Waals surface area (Å²) < 4.78 is 8.19. The Hall–Kier alpha value is -3.18. The van der Waals surface area contributed by atoms with E-state index in [1.165, 1.54) is 10.8 Å². The summed E-state index contributed by atoms with van der Waals surface area (Å²) >= 11 is 0. The van der Waals surface area contributed by atoms with E-state index in [2.05, 4.69) is 9.97 Å². The van der Waals surface area contributed by atoms with E-state index in [9.17, 15) is 14.7 Å². The first kappa shape index (κ1) is 17.2. The number of fused-ring (bicyclic) bond motifs is 1. The third-order valence-electron chi connectivity index (χ3n) is 4.59. The van der Waals surface area contributed by atoms with Gasteiger partial charge in [-0.25, -0.2) is 15.6 Å². The molecule has 1 amide bonds. The monoisotopic (exact) mass is 373 g/mol. The van der Waals surface area contributed by atoms with Crippen molar-refractivity contribution in [3.63, 3.8) is 0 Å². The fraction of sp³-hybridized carbons (Fsp3) is 0.375. The van der Waals surface area contributed by atoms with Gasteiger partial charge < -0.3 is 15.3 Å². The van der Waals surface area contributed by atoms with Gasteiger partial charge in [0.15, 0.2) is 5.65 Å². The Bertz CT molecular complexity index is 1080. The molecule has 0 aliphatic heterocycles. The van der Waals surface area contributed by atoms with E-state index in [0.717, 1.165) is 12.8 Å². The van der Waals surface area contributed by atoms with Gasteiger partial charge in [0.05, 0.1) is 25.0 Å². The lowest BCUT2D eigenvalue weighted by Crippen LogP contribution is -2.30. The minimum Gasteiger partial charge on any atom is -0.458 e. The van der Waals surface area contributed by atoms with Crippen molar-refractivity contribution in [3.05, 3.63) is 28.6 Å². The summed E-state index contributed by atoms with van der Waals surface area (Å²) in [5.74, 6) is 4.88. The van der Waals surface area contributed by atoms with Crippen molar-refractivity contribution in [2.75, 3.05) is 12.3 Å². The zero-order chi connectivity index (χ0) is 19.1. The van der Waals surface area contributed by atoms with Crippen molar-refractivity contribution in [1.82, 2.24) is 24.5 Å². The molecule has 27 heavy (non-hydrogen) atoms. The summed E-state index contributed by atoms with van der Waals surface area (Å²) in [5, 5.41) is 9.35. The van der Waals surface area contributed by atoms with Crippen molar-refractivity contribution in [2.24, 2.45) is 11.8 Å². The van der Waals surface area contributed by atoms with Crippen LogP contribution in [-0.4, -0.2) is 36.7 Å². The number of hydrogen-bond acceptors (Lipinski definition) is 8. The third kappa shape index (κ3) is 2.86. The van der Waals surface area contributed by atoms with Crippen LogP contribution < -0.4 is 22.7 Å². The summed E-state index contributed by atoms with van der Waals surface area (Å²) in [4.78, 5) is 33.4.